The number of hydrogen-bond donors (Lipinski definition) is 1. The van der Waals surface area contributed by atoms with E-state index in [1.54, 1.807) is 19.1 Å². The Kier molecular flexibility index (Phi) is 4.53. The smallest absolute Gasteiger partial charge is 0.359 e. The van der Waals surface area contributed by atoms with Gasteiger partial charge in [0.15, 0.2) is 5.69 Å². The summed E-state index contributed by atoms with van der Waals surface area (Å²) in [6, 6.07) is 4.93. The predicted molar refractivity (Wildman–Crippen MR) is 78.5 cm³/mol. The monoisotopic (exact) mass is 325 g/mol. The fraction of sp³-hybridized carbons (Fsp3) is 0.467. The Morgan fingerprint density at radius 3 is 3.04 bits per heavy atom. The molecule has 0 saturated carbocycles. The summed E-state index contributed by atoms with van der Waals surface area (Å²) in [5.41, 5.74) is 0.742. The summed E-state index contributed by atoms with van der Waals surface area (Å²) in [7, 11) is 0. The highest BCUT2D eigenvalue weighted by Crippen LogP contribution is 2.32. The zero-order chi connectivity index (χ0) is 16.4. The number of hydrogen-bond acceptors (Lipinski definition) is 5. The third-order valence-electron chi connectivity index (χ3n) is 3.69. The van der Waals surface area contributed by atoms with Crippen LogP contribution in [0.1, 0.15) is 35.6 Å². The van der Waals surface area contributed by atoms with Crippen LogP contribution in [-0.4, -0.2) is 42.1 Å². The van der Waals surface area contributed by atoms with E-state index >= 15 is 0 Å². The average Bonchev–Trinajstić information content (AvgIpc) is 2.96. The Hall–Kier alpha value is -2.06. The number of rotatable bonds is 4. The predicted octanol–water partition coefficient (Wildman–Crippen LogP) is 2.27. The average molecular weight is 325 g/mol. The lowest BCUT2D eigenvalue weighted by Crippen LogP contribution is -2.33. The number of aromatic nitrogens is 2. The molecule has 1 N–H and O–H groups in total. The number of ether oxygens (including phenoxy) is 2. The van der Waals surface area contributed by atoms with Crippen LogP contribution in [0.4, 0.5) is 8.78 Å². The highest BCUT2D eigenvalue weighted by molar-refractivity contribution is 6.03. The van der Waals surface area contributed by atoms with Crippen molar-refractivity contribution < 1.29 is 23.0 Å². The number of benzene rings is 1. The van der Waals surface area contributed by atoms with Crippen molar-refractivity contribution in [3.05, 3.63) is 29.5 Å². The molecule has 1 aromatic carbocycles. The Bertz CT molecular complexity index is 711. The van der Waals surface area contributed by atoms with E-state index in [-0.39, 0.29) is 23.9 Å². The molecular formula is C15H17F2N3O3. The van der Waals surface area contributed by atoms with Gasteiger partial charge in [-0.25, -0.2) is 9.48 Å². The van der Waals surface area contributed by atoms with Gasteiger partial charge >= 0.3 is 12.5 Å². The first-order chi connectivity index (χ1) is 11.1. The minimum Gasteiger partial charge on any atom is -0.461 e. The number of esters is 1. The zero-order valence-electron chi connectivity index (χ0n) is 12.6. The molecular weight excluding hydrogens is 308 g/mol. The summed E-state index contributed by atoms with van der Waals surface area (Å²) < 4.78 is 37.7. The maximum atomic E-state index is 13.2. The van der Waals surface area contributed by atoms with Gasteiger partial charge in [-0.1, -0.05) is 12.1 Å². The van der Waals surface area contributed by atoms with E-state index in [2.05, 4.69) is 10.4 Å². The van der Waals surface area contributed by atoms with Crippen molar-refractivity contribution in [2.75, 3.05) is 26.3 Å². The number of halogens is 2. The van der Waals surface area contributed by atoms with Gasteiger partial charge < -0.3 is 14.8 Å². The van der Waals surface area contributed by atoms with Crippen LogP contribution in [-0.2, 0) is 9.47 Å². The van der Waals surface area contributed by atoms with Crippen molar-refractivity contribution in [2.45, 2.75) is 19.6 Å². The topological polar surface area (TPSA) is 65.4 Å². The maximum Gasteiger partial charge on any atom is 0.359 e. The first-order valence-corrected chi connectivity index (χ1v) is 7.42. The molecule has 1 unspecified atom stereocenters. The number of carbonyl (C=O) groups is 1. The Labute approximate surface area is 131 Å². The highest BCUT2D eigenvalue weighted by atomic mass is 19.3. The molecule has 1 fully saturated rings. The number of alkyl halides is 2. The molecule has 124 valence electrons. The van der Waals surface area contributed by atoms with Crippen LogP contribution >= 0.6 is 0 Å². The van der Waals surface area contributed by atoms with Gasteiger partial charge in [-0.05, 0) is 18.6 Å². The van der Waals surface area contributed by atoms with Gasteiger partial charge in [0.1, 0.15) is 0 Å². The summed E-state index contributed by atoms with van der Waals surface area (Å²) in [6.07, 6.45) is -0.323. The molecule has 1 saturated heterocycles. The van der Waals surface area contributed by atoms with Gasteiger partial charge in [0.25, 0.3) is 0 Å². The Morgan fingerprint density at radius 1 is 1.57 bits per heavy atom. The van der Waals surface area contributed by atoms with Crippen LogP contribution in [0.25, 0.3) is 10.9 Å². The number of nitrogens with zero attached hydrogens (tertiary/aromatic N) is 2. The van der Waals surface area contributed by atoms with Crippen molar-refractivity contribution >= 4 is 16.9 Å². The lowest BCUT2D eigenvalue weighted by molar-refractivity contribution is 0.0285. The van der Waals surface area contributed by atoms with Gasteiger partial charge in [-0.15, -0.1) is 0 Å². The second-order valence-electron chi connectivity index (χ2n) is 5.10. The zero-order valence-corrected chi connectivity index (χ0v) is 12.6. The minimum absolute atomic E-state index is 0.105. The van der Waals surface area contributed by atoms with Gasteiger partial charge in [0.05, 0.1) is 24.8 Å². The summed E-state index contributed by atoms with van der Waals surface area (Å²) in [5, 5.41) is 7.32. The molecule has 0 amide bonds. The molecule has 0 spiro atoms. The molecule has 8 heteroatoms. The number of nitrogens with one attached hydrogen (secondary N) is 1. The molecule has 23 heavy (non-hydrogen) atoms. The lowest BCUT2D eigenvalue weighted by Gasteiger charge is -2.24. The fourth-order valence-corrected chi connectivity index (χ4v) is 2.74. The standard InChI is InChI=1S/C15H17F2N3O3/c1-2-22-14(21)13-12-9(11-8-18-6-7-23-11)4-3-5-10(12)20(19-13)15(16)17/h3-5,11,15,18H,2,6-8H2,1H3. The SMILES string of the molecule is CCOC(=O)c1nn(C(F)F)c2cccc(C3CNCCO3)c12. The van der Waals surface area contributed by atoms with E-state index in [1.807, 2.05) is 0 Å². The number of morpholine rings is 1. The van der Waals surface area contributed by atoms with Crippen molar-refractivity contribution in [3.8, 4) is 0 Å². The molecule has 0 radical (unpaired) electrons. The molecule has 6 nitrogen and oxygen atoms in total. The molecule has 1 aliphatic rings. The minimum atomic E-state index is -2.85. The van der Waals surface area contributed by atoms with Crippen LogP contribution in [0.5, 0.6) is 0 Å². The Morgan fingerprint density at radius 2 is 2.39 bits per heavy atom. The van der Waals surface area contributed by atoms with E-state index in [0.717, 1.165) is 6.54 Å². The van der Waals surface area contributed by atoms with E-state index in [9.17, 15) is 13.6 Å². The van der Waals surface area contributed by atoms with E-state index in [0.29, 0.717) is 28.8 Å². The third-order valence-corrected chi connectivity index (χ3v) is 3.69. The fourth-order valence-electron chi connectivity index (χ4n) is 2.74. The van der Waals surface area contributed by atoms with Crippen LogP contribution in [0.2, 0.25) is 0 Å². The molecule has 3 rings (SSSR count). The summed E-state index contributed by atoms with van der Waals surface area (Å²) in [6.45, 7) is 0.736. The third kappa shape index (κ3) is 2.91. The summed E-state index contributed by atoms with van der Waals surface area (Å²) in [5.74, 6) is -0.715. The lowest BCUT2D eigenvalue weighted by atomic mass is 10.0. The largest absolute Gasteiger partial charge is 0.461 e. The van der Waals surface area contributed by atoms with Gasteiger partial charge in [-0.2, -0.15) is 13.9 Å². The summed E-state index contributed by atoms with van der Waals surface area (Å²) in [4.78, 5) is 12.1. The quantitative estimate of drug-likeness (QED) is 0.874. The van der Waals surface area contributed by atoms with Crippen molar-refractivity contribution in [1.29, 1.82) is 0 Å². The molecule has 1 aromatic heterocycles. The van der Waals surface area contributed by atoms with Crippen LogP contribution < -0.4 is 5.32 Å². The number of carbonyl (C=O) groups excluding carboxylic acids is 1. The second-order valence-corrected chi connectivity index (χ2v) is 5.10. The van der Waals surface area contributed by atoms with Crippen LogP contribution in [0.15, 0.2) is 18.2 Å². The maximum absolute atomic E-state index is 13.2. The van der Waals surface area contributed by atoms with E-state index < -0.39 is 12.5 Å². The summed E-state index contributed by atoms with van der Waals surface area (Å²) >= 11 is 0. The van der Waals surface area contributed by atoms with Crippen molar-refractivity contribution in [3.63, 3.8) is 0 Å². The molecule has 0 aliphatic carbocycles. The first-order valence-electron chi connectivity index (χ1n) is 7.42. The molecule has 1 atom stereocenters. The highest BCUT2D eigenvalue weighted by Gasteiger charge is 2.27. The van der Waals surface area contributed by atoms with Crippen LogP contribution in [0.3, 0.4) is 0 Å². The van der Waals surface area contributed by atoms with Crippen molar-refractivity contribution in [1.82, 2.24) is 15.1 Å². The molecule has 2 aromatic rings. The normalized spacial score (nSPS) is 18.5. The van der Waals surface area contributed by atoms with Gasteiger partial charge in [-0.3, -0.25) is 0 Å². The molecule has 2 heterocycles. The van der Waals surface area contributed by atoms with Gasteiger partial charge in [0, 0.05) is 18.5 Å². The molecule has 1 aliphatic heterocycles. The molecule has 0 bridgehead atoms. The van der Waals surface area contributed by atoms with Crippen molar-refractivity contribution in [2.24, 2.45) is 0 Å². The van der Waals surface area contributed by atoms with Gasteiger partial charge in [0.2, 0.25) is 0 Å². The van der Waals surface area contributed by atoms with E-state index in [1.165, 1.54) is 6.07 Å². The number of fused-ring (bicyclic) bond motifs is 1. The first kappa shape index (κ1) is 15.8. The van der Waals surface area contributed by atoms with E-state index in [4.69, 9.17) is 9.47 Å². The Balaban J connectivity index is 2.18. The van der Waals surface area contributed by atoms with Crippen LogP contribution in [0, 0.1) is 0 Å². The second kappa shape index (κ2) is 6.59.